The van der Waals surface area contributed by atoms with Crippen LogP contribution in [0.15, 0.2) is 73.2 Å². The van der Waals surface area contributed by atoms with Crippen molar-refractivity contribution in [2.75, 3.05) is 18.4 Å². The fourth-order valence-corrected chi connectivity index (χ4v) is 4.07. The van der Waals surface area contributed by atoms with E-state index in [0.29, 0.717) is 43.6 Å². The van der Waals surface area contributed by atoms with Crippen molar-refractivity contribution in [2.24, 2.45) is 0 Å². The minimum absolute atomic E-state index is 0.159. The lowest BCUT2D eigenvalue weighted by Gasteiger charge is -2.18. The first-order valence-corrected chi connectivity index (χ1v) is 11.4. The van der Waals surface area contributed by atoms with E-state index < -0.39 is 17.5 Å². The van der Waals surface area contributed by atoms with Gasteiger partial charge in [0.15, 0.2) is 0 Å². The van der Waals surface area contributed by atoms with E-state index in [-0.39, 0.29) is 17.7 Å². The van der Waals surface area contributed by atoms with Gasteiger partial charge in [0.2, 0.25) is 0 Å². The molecule has 8 nitrogen and oxygen atoms in total. The standard InChI is InChI=1S/C26H23F2N5O3/c27-18-1-6-22(23(28)14-18)25(34)33-11-8-21(16-33)36-20-4-2-19(3-5-20)31-26(35)30-15-17-7-10-32-12-9-29-24(32)13-17/h1-7,9-10,12-14,21H,8,11,15-16H2,(H2,30,31,35)/t21-/m1/s1. The summed E-state index contributed by atoms with van der Waals surface area (Å²) >= 11 is 0. The molecule has 4 aromatic rings. The first kappa shape index (κ1) is 23.3. The molecule has 5 rings (SSSR count). The van der Waals surface area contributed by atoms with Crippen LogP contribution in [-0.4, -0.2) is 45.4 Å². The number of urea groups is 1. The van der Waals surface area contributed by atoms with E-state index in [1.807, 2.05) is 28.9 Å². The molecule has 0 aliphatic carbocycles. The monoisotopic (exact) mass is 491 g/mol. The van der Waals surface area contributed by atoms with Crippen LogP contribution in [-0.2, 0) is 6.54 Å². The SMILES string of the molecule is O=C(NCc1ccn2ccnc2c1)Nc1ccc(O[C@@H]2CCN(C(=O)c3ccc(F)cc3F)C2)cc1. The van der Waals surface area contributed by atoms with Gasteiger partial charge in [-0.25, -0.2) is 18.6 Å². The molecule has 0 saturated carbocycles. The number of imidazole rings is 1. The van der Waals surface area contributed by atoms with Gasteiger partial charge in [0.05, 0.1) is 12.1 Å². The highest BCUT2D eigenvalue weighted by molar-refractivity contribution is 5.94. The van der Waals surface area contributed by atoms with Crippen LogP contribution in [0.1, 0.15) is 22.3 Å². The molecular weight excluding hydrogens is 468 g/mol. The summed E-state index contributed by atoms with van der Waals surface area (Å²) in [6.45, 7) is 1.06. The third-order valence-corrected chi connectivity index (χ3v) is 5.92. The zero-order valence-electron chi connectivity index (χ0n) is 19.2. The molecule has 1 saturated heterocycles. The van der Waals surface area contributed by atoms with E-state index in [2.05, 4.69) is 15.6 Å². The lowest BCUT2D eigenvalue weighted by Crippen LogP contribution is -2.31. The minimum Gasteiger partial charge on any atom is -0.489 e. The molecule has 36 heavy (non-hydrogen) atoms. The summed E-state index contributed by atoms with van der Waals surface area (Å²) < 4.78 is 34.9. The molecule has 0 unspecified atom stereocenters. The van der Waals surface area contributed by atoms with Crippen molar-refractivity contribution in [1.82, 2.24) is 19.6 Å². The molecular formula is C26H23F2N5O3. The van der Waals surface area contributed by atoms with Gasteiger partial charge in [-0.1, -0.05) is 0 Å². The fourth-order valence-electron chi connectivity index (χ4n) is 4.07. The van der Waals surface area contributed by atoms with Gasteiger partial charge in [-0.15, -0.1) is 0 Å². The number of hydrogen-bond donors (Lipinski definition) is 2. The Morgan fingerprint density at radius 3 is 2.69 bits per heavy atom. The van der Waals surface area contributed by atoms with Gasteiger partial charge in [0, 0.05) is 49.9 Å². The number of nitrogens with one attached hydrogen (secondary N) is 2. The maximum absolute atomic E-state index is 13.9. The van der Waals surface area contributed by atoms with Crippen LogP contribution in [0.25, 0.3) is 5.65 Å². The Labute approximate surface area is 205 Å². The highest BCUT2D eigenvalue weighted by Gasteiger charge is 2.29. The number of ether oxygens (including phenoxy) is 1. The highest BCUT2D eigenvalue weighted by atomic mass is 19.1. The molecule has 3 amide bonds. The molecule has 1 atom stereocenters. The summed E-state index contributed by atoms with van der Waals surface area (Å²) in [5, 5.41) is 5.58. The van der Waals surface area contributed by atoms with Gasteiger partial charge >= 0.3 is 6.03 Å². The van der Waals surface area contributed by atoms with E-state index in [1.54, 1.807) is 30.5 Å². The number of rotatable bonds is 6. The molecule has 0 bridgehead atoms. The second-order valence-electron chi connectivity index (χ2n) is 8.46. The van der Waals surface area contributed by atoms with Crippen LogP contribution in [0.5, 0.6) is 5.75 Å². The van der Waals surface area contributed by atoms with Crippen LogP contribution in [0.3, 0.4) is 0 Å². The molecule has 1 fully saturated rings. The summed E-state index contributed by atoms with van der Waals surface area (Å²) in [6, 6.07) is 13.3. The number of anilines is 1. The maximum Gasteiger partial charge on any atom is 0.319 e. The zero-order valence-corrected chi connectivity index (χ0v) is 19.2. The van der Waals surface area contributed by atoms with Crippen molar-refractivity contribution >= 4 is 23.3 Å². The van der Waals surface area contributed by atoms with Crippen LogP contribution >= 0.6 is 0 Å². The van der Waals surface area contributed by atoms with Crippen molar-refractivity contribution in [3.63, 3.8) is 0 Å². The topological polar surface area (TPSA) is 88.0 Å². The van der Waals surface area contributed by atoms with Crippen LogP contribution < -0.4 is 15.4 Å². The number of nitrogens with zero attached hydrogens (tertiary/aromatic N) is 3. The van der Waals surface area contributed by atoms with E-state index in [9.17, 15) is 18.4 Å². The Balaban J connectivity index is 1.10. The molecule has 1 aliphatic rings. The second kappa shape index (κ2) is 10.0. The highest BCUT2D eigenvalue weighted by Crippen LogP contribution is 2.22. The first-order valence-electron chi connectivity index (χ1n) is 11.4. The number of halogens is 2. The molecule has 0 radical (unpaired) electrons. The predicted molar refractivity (Wildman–Crippen MR) is 129 cm³/mol. The van der Waals surface area contributed by atoms with Crippen molar-refractivity contribution in [2.45, 2.75) is 19.1 Å². The maximum atomic E-state index is 13.9. The summed E-state index contributed by atoms with van der Waals surface area (Å²) in [7, 11) is 0. The van der Waals surface area contributed by atoms with Gasteiger partial charge in [0.1, 0.15) is 29.1 Å². The van der Waals surface area contributed by atoms with Crippen molar-refractivity contribution in [3.8, 4) is 5.75 Å². The van der Waals surface area contributed by atoms with E-state index in [0.717, 1.165) is 23.3 Å². The third kappa shape index (κ3) is 5.27. The van der Waals surface area contributed by atoms with E-state index in [1.165, 1.54) is 4.90 Å². The Kier molecular flexibility index (Phi) is 6.48. The van der Waals surface area contributed by atoms with Crippen LogP contribution in [0.4, 0.5) is 19.3 Å². The normalized spacial score (nSPS) is 15.2. The Morgan fingerprint density at radius 1 is 1.06 bits per heavy atom. The molecule has 2 aromatic carbocycles. The van der Waals surface area contributed by atoms with Gasteiger partial charge in [-0.2, -0.15) is 0 Å². The number of aromatic nitrogens is 2. The lowest BCUT2D eigenvalue weighted by atomic mass is 10.2. The number of fused-ring (bicyclic) bond motifs is 1. The van der Waals surface area contributed by atoms with E-state index in [4.69, 9.17) is 4.74 Å². The zero-order chi connectivity index (χ0) is 25.1. The third-order valence-electron chi connectivity index (χ3n) is 5.92. The Hall–Kier alpha value is -4.47. The molecule has 184 valence electrons. The Morgan fingerprint density at radius 2 is 1.89 bits per heavy atom. The molecule has 1 aliphatic heterocycles. The first-order chi connectivity index (χ1) is 17.4. The molecule has 2 aromatic heterocycles. The average Bonchev–Trinajstić information content (AvgIpc) is 3.53. The van der Waals surface area contributed by atoms with Crippen LogP contribution in [0.2, 0.25) is 0 Å². The minimum atomic E-state index is -0.879. The van der Waals surface area contributed by atoms with Crippen molar-refractivity contribution in [1.29, 1.82) is 0 Å². The summed E-state index contributed by atoms with van der Waals surface area (Å²) in [6.07, 6.45) is 5.78. The Bertz CT molecular complexity index is 1410. The molecule has 10 heteroatoms. The molecule has 3 heterocycles. The summed E-state index contributed by atoms with van der Waals surface area (Å²) in [4.78, 5) is 30.6. The second-order valence-corrected chi connectivity index (χ2v) is 8.46. The van der Waals surface area contributed by atoms with Crippen LogP contribution in [0, 0.1) is 11.6 Å². The number of amides is 3. The van der Waals surface area contributed by atoms with Gasteiger partial charge in [-0.3, -0.25) is 4.79 Å². The average molecular weight is 491 g/mol. The van der Waals surface area contributed by atoms with Gasteiger partial charge in [0.25, 0.3) is 5.91 Å². The van der Waals surface area contributed by atoms with Gasteiger partial charge in [-0.05, 0) is 54.1 Å². The lowest BCUT2D eigenvalue weighted by molar-refractivity contribution is 0.0767. The molecule has 2 N–H and O–H groups in total. The predicted octanol–water partition coefficient (Wildman–Crippen LogP) is 4.23. The number of likely N-dealkylation sites (tertiary alicyclic amines) is 1. The summed E-state index contributed by atoms with van der Waals surface area (Å²) in [5.74, 6) is -1.51. The smallest absolute Gasteiger partial charge is 0.319 e. The number of benzene rings is 2. The largest absolute Gasteiger partial charge is 0.489 e. The van der Waals surface area contributed by atoms with Crippen molar-refractivity contribution < 1.29 is 23.1 Å². The molecule has 0 spiro atoms. The number of carbonyl (C=O) groups is 2. The number of carbonyl (C=O) groups excluding carboxylic acids is 2. The number of hydrogen-bond acceptors (Lipinski definition) is 4. The van der Waals surface area contributed by atoms with E-state index >= 15 is 0 Å². The summed E-state index contributed by atoms with van der Waals surface area (Å²) in [5.41, 5.74) is 2.17. The van der Waals surface area contributed by atoms with Gasteiger partial charge < -0.3 is 24.7 Å². The number of pyridine rings is 1. The fraction of sp³-hybridized carbons (Fsp3) is 0.192. The van der Waals surface area contributed by atoms with Crippen molar-refractivity contribution in [3.05, 3.63) is 95.9 Å². The quantitative estimate of drug-likeness (QED) is 0.423.